The number of carbonyl (C=O) groups excluding carboxylic acids is 1. The second-order valence-corrected chi connectivity index (χ2v) is 6.66. The zero-order chi connectivity index (χ0) is 13.6. The highest BCUT2D eigenvalue weighted by atomic mass is 32.2. The molecule has 0 spiro atoms. The molecule has 0 aliphatic carbocycles. The van der Waals surface area contributed by atoms with E-state index in [9.17, 15) is 13.2 Å². The number of nitrogens with two attached hydrogens (primary N) is 1. The first-order valence-corrected chi connectivity index (χ1v) is 7.59. The summed E-state index contributed by atoms with van der Waals surface area (Å²) in [5.74, 6) is -0.302. The van der Waals surface area contributed by atoms with Gasteiger partial charge in [0.15, 0.2) is 0 Å². The van der Waals surface area contributed by atoms with E-state index in [4.69, 9.17) is 5.73 Å². The van der Waals surface area contributed by atoms with Crippen LogP contribution in [0.25, 0.3) is 0 Å². The van der Waals surface area contributed by atoms with Crippen molar-refractivity contribution < 1.29 is 13.2 Å². The molecule has 0 heterocycles. The number of sulfone groups is 1. The minimum atomic E-state index is -3.08. The summed E-state index contributed by atoms with van der Waals surface area (Å²) in [6.45, 7) is 7.76. The number of hydrogen-bond acceptors (Lipinski definition) is 4. The molecule has 0 rings (SSSR count). The van der Waals surface area contributed by atoms with E-state index in [1.807, 2.05) is 13.8 Å². The molecule has 6 heteroatoms. The van der Waals surface area contributed by atoms with Crippen molar-refractivity contribution >= 4 is 15.7 Å². The Labute approximate surface area is 104 Å². The summed E-state index contributed by atoms with van der Waals surface area (Å²) in [6.07, 6.45) is 2.91. The molecule has 1 unspecified atom stereocenters. The van der Waals surface area contributed by atoms with Crippen molar-refractivity contribution in [3.8, 4) is 0 Å². The van der Waals surface area contributed by atoms with E-state index in [0.717, 1.165) is 6.26 Å². The molecule has 0 saturated heterocycles. The van der Waals surface area contributed by atoms with Gasteiger partial charge in [0.05, 0.1) is 11.8 Å². The lowest BCUT2D eigenvalue weighted by Gasteiger charge is -2.28. The van der Waals surface area contributed by atoms with Gasteiger partial charge in [-0.15, -0.1) is 6.58 Å². The molecule has 5 nitrogen and oxygen atoms in total. The van der Waals surface area contributed by atoms with Crippen molar-refractivity contribution in [3.05, 3.63) is 12.7 Å². The van der Waals surface area contributed by atoms with Crippen LogP contribution in [0.4, 0.5) is 0 Å². The monoisotopic (exact) mass is 262 g/mol. The van der Waals surface area contributed by atoms with Gasteiger partial charge in [-0.05, 0) is 20.3 Å². The largest absolute Gasteiger partial charge is 0.335 e. The predicted octanol–water partition coefficient (Wildman–Crippen LogP) is 0.171. The molecule has 0 bridgehead atoms. The van der Waals surface area contributed by atoms with Gasteiger partial charge in [0.1, 0.15) is 9.84 Å². The molecule has 1 amide bonds. The Balaban J connectivity index is 4.50. The molecule has 0 aliphatic heterocycles. The second kappa shape index (κ2) is 6.76. The van der Waals surface area contributed by atoms with Gasteiger partial charge in [-0.25, -0.2) is 8.42 Å². The van der Waals surface area contributed by atoms with Gasteiger partial charge >= 0.3 is 0 Å². The number of amides is 1. The van der Waals surface area contributed by atoms with Crippen LogP contribution in [0.1, 0.15) is 20.3 Å². The number of rotatable bonds is 7. The first kappa shape index (κ1) is 16.1. The van der Waals surface area contributed by atoms with Crippen LogP contribution in [0.3, 0.4) is 0 Å². The van der Waals surface area contributed by atoms with E-state index in [2.05, 4.69) is 6.58 Å². The molecule has 0 aromatic heterocycles. The Hall–Kier alpha value is -0.880. The van der Waals surface area contributed by atoms with Crippen LogP contribution in [0.15, 0.2) is 12.7 Å². The Morgan fingerprint density at radius 2 is 2.00 bits per heavy atom. The molecule has 0 aromatic rings. The summed E-state index contributed by atoms with van der Waals surface area (Å²) in [5.41, 5.74) is 5.70. The quantitative estimate of drug-likeness (QED) is 0.663. The summed E-state index contributed by atoms with van der Waals surface area (Å²) in [4.78, 5) is 13.5. The fourth-order valence-corrected chi connectivity index (χ4v) is 2.05. The third-order valence-corrected chi connectivity index (χ3v) is 3.33. The van der Waals surface area contributed by atoms with Gasteiger partial charge in [-0.2, -0.15) is 0 Å². The number of hydrogen-bond donors (Lipinski definition) is 1. The van der Waals surface area contributed by atoms with E-state index in [0.29, 0.717) is 6.54 Å². The first-order valence-electron chi connectivity index (χ1n) is 5.53. The summed E-state index contributed by atoms with van der Waals surface area (Å²) in [6, 6.07) is -0.753. The van der Waals surface area contributed by atoms with Crippen molar-refractivity contribution in [1.29, 1.82) is 0 Å². The standard InChI is InChI=1S/C11H22N2O3S/c1-5-7-13(9(2)3)11(14)10(12)6-8-17(4,15)16/h5,9-10H,1,6-8,12H2,2-4H3. The molecule has 0 aromatic carbocycles. The van der Waals surface area contributed by atoms with Crippen molar-refractivity contribution in [2.45, 2.75) is 32.4 Å². The zero-order valence-electron chi connectivity index (χ0n) is 10.7. The van der Waals surface area contributed by atoms with Crippen molar-refractivity contribution in [2.24, 2.45) is 5.73 Å². The summed E-state index contributed by atoms with van der Waals surface area (Å²) in [7, 11) is -3.08. The molecule has 100 valence electrons. The molecule has 0 fully saturated rings. The van der Waals surface area contributed by atoms with Crippen LogP contribution in [0.2, 0.25) is 0 Å². The minimum absolute atomic E-state index is 0.0183. The molecule has 0 radical (unpaired) electrons. The maximum absolute atomic E-state index is 11.9. The summed E-state index contributed by atoms with van der Waals surface area (Å²) < 4.78 is 22.0. The van der Waals surface area contributed by atoms with Gasteiger partial charge < -0.3 is 10.6 Å². The third-order valence-electron chi connectivity index (χ3n) is 2.35. The van der Waals surface area contributed by atoms with Gasteiger partial charge in [0, 0.05) is 18.8 Å². The lowest BCUT2D eigenvalue weighted by molar-refractivity contribution is -0.133. The van der Waals surface area contributed by atoms with Crippen LogP contribution in [0.5, 0.6) is 0 Å². The van der Waals surface area contributed by atoms with Gasteiger partial charge in [0.2, 0.25) is 5.91 Å². The number of nitrogens with zero attached hydrogens (tertiary/aromatic N) is 1. The van der Waals surface area contributed by atoms with Crippen LogP contribution in [-0.4, -0.2) is 49.9 Å². The van der Waals surface area contributed by atoms with E-state index >= 15 is 0 Å². The average molecular weight is 262 g/mol. The Kier molecular flexibility index (Phi) is 6.41. The van der Waals surface area contributed by atoms with Gasteiger partial charge in [0.25, 0.3) is 0 Å². The van der Waals surface area contributed by atoms with Crippen molar-refractivity contribution in [1.82, 2.24) is 4.90 Å². The lowest BCUT2D eigenvalue weighted by Crippen LogP contribution is -2.47. The van der Waals surface area contributed by atoms with Gasteiger partial charge in [-0.1, -0.05) is 6.08 Å². The normalized spacial score (nSPS) is 13.5. The van der Waals surface area contributed by atoms with E-state index in [1.165, 1.54) is 0 Å². The Morgan fingerprint density at radius 1 is 1.47 bits per heavy atom. The third kappa shape index (κ3) is 6.43. The highest BCUT2D eigenvalue weighted by Gasteiger charge is 2.23. The van der Waals surface area contributed by atoms with E-state index in [-0.39, 0.29) is 24.1 Å². The van der Waals surface area contributed by atoms with Crippen molar-refractivity contribution in [2.75, 3.05) is 18.6 Å². The van der Waals surface area contributed by atoms with Crippen molar-refractivity contribution in [3.63, 3.8) is 0 Å². The SMILES string of the molecule is C=CCN(C(=O)C(N)CCS(C)(=O)=O)C(C)C. The number of carbonyl (C=O) groups is 1. The highest BCUT2D eigenvalue weighted by molar-refractivity contribution is 7.90. The maximum atomic E-state index is 11.9. The fourth-order valence-electron chi connectivity index (χ4n) is 1.37. The molecular formula is C11H22N2O3S. The molecule has 2 N–H and O–H groups in total. The molecular weight excluding hydrogens is 240 g/mol. The smallest absolute Gasteiger partial charge is 0.240 e. The van der Waals surface area contributed by atoms with E-state index in [1.54, 1.807) is 11.0 Å². The average Bonchev–Trinajstić information content (AvgIpc) is 2.20. The van der Waals surface area contributed by atoms with Crippen LogP contribution >= 0.6 is 0 Å². The molecule has 1 atom stereocenters. The summed E-state index contributed by atoms with van der Waals surface area (Å²) >= 11 is 0. The van der Waals surface area contributed by atoms with Crippen LogP contribution < -0.4 is 5.73 Å². The topological polar surface area (TPSA) is 80.5 Å². The first-order chi connectivity index (χ1) is 7.69. The van der Waals surface area contributed by atoms with Crippen LogP contribution in [0, 0.1) is 0 Å². The highest BCUT2D eigenvalue weighted by Crippen LogP contribution is 2.04. The Morgan fingerprint density at radius 3 is 2.35 bits per heavy atom. The maximum Gasteiger partial charge on any atom is 0.240 e. The summed E-state index contributed by atoms with van der Waals surface area (Å²) in [5, 5.41) is 0. The lowest BCUT2D eigenvalue weighted by atomic mass is 10.2. The predicted molar refractivity (Wildman–Crippen MR) is 69.3 cm³/mol. The zero-order valence-corrected chi connectivity index (χ0v) is 11.5. The van der Waals surface area contributed by atoms with Crippen LogP contribution in [-0.2, 0) is 14.6 Å². The Bertz CT molecular complexity index is 363. The minimum Gasteiger partial charge on any atom is -0.335 e. The molecule has 0 saturated carbocycles. The van der Waals surface area contributed by atoms with E-state index < -0.39 is 15.9 Å². The second-order valence-electron chi connectivity index (χ2n) is 4.40. The fraction of sp³-hybridized carbons (Fsp3) is 0.727. The van der Waals surface area contributed by atoms with Gasteiger partial charge in [-0.3, -0.25) is 4.79 Å². The molecule has 0 aliphatic rings. The molecule has 17 heavy (non-hydrogen) atoms.